The Morgan fingerprint density at radius 1 is 0.875 bits per heavy atom. The summed E-state index contributed by atoms with van der Waals surface area (Å²) in [6, 6.07) is 11.3. The van der Waals surface area contributed by atoms with E-state index < -0.39 is 0 Å². The molecule has 10 heteroatoms. The van der Waals surface area contributed by atoms with Crippen molar-refractivity contribution in [3.8, 4) is 0 Å². The maximum Gasteiger partial charge on any atom is 0.272 e. The molecule has 2 amide bonds. The summed E-state index contributed by atoms with van der Waals surface area (Å²) in [7, 11) is 0. The SMILES string of the molecule is CC(=O)N1CCC(Nc2cc(C(=O)N3CCC(N4CCc5ccccc5C4)CC3)nc(N3CCOCC3)n2)CC1. The van der Waals surface area contributed by atoms with Gasteiger partial charge in [0.15, 0.2) is 0 Å². The summed E-state index contributed by atoms with van der Waals surface area (Å²) in [6.45, 7) is 9.33. The van der Waals surface area contributed by atoms with E-state index in [-0.39, 0.29) is 17.9 Å². The van der Waals surface area contributed by atoms with Gasteiger partial charge in [-0.3, -0.25) is 14.5 Å². The van der Waals surface area contributed by atoms with Crippen LogP contribution in [-0.4, -0.2) is 108 Å². The molecule has 5 heterocycles. The average Bonchev–Trinajstić information content (AvgIpc) is 3.01. The lowest BCUT2D eigenvalue weighted by molar-refractivity contribution is -0.129. The highest BCUT2D eigenvalue weighted by Gasteiger charge is 2.31. The van der Waals surface area contributed by atoms with Crippen LogP contribution in [-0.2, 0) is 22.5 Å². The highest BCUT2D eigenvalue weighted by atomic mass is 16.5. The summed E-state index contributed by atoms with van der Waals surface area (Å²) in [5, 5.41) is 3.55. The molecule has 40 heavy (non-hydrogen) atoms. The van der Waals surface area contributed by atoms with E-state index in [1.54, 1.807) is 6.92 Å². The van der Waals surface area contributed by atoms with Crippen LogP contribution < -0.4 is 10.2 Å². The quantitative estimate of drug-likeness (QED) is 0.610. The Balaban J connectivity index is 1.12. The van der Waals surface area contributed by atoms with Crippen molar-refractivity contribution < 1.29 is 14.3 Å². The van der Waals surface area contributed by atoms with Crippen LogP contribution in [0.2, 0.25) is 0 Å². The summed E-state index contributed by atoms with van der Waals surface area (Å²) < 4.78 is 5.53. The number of ether oxygens (including phenoxy) is 1. The van der Waals surface area contributed by atoms with Crippen molar-refractivity contribution in [1.29, 1.82) is 0 Å². The first-order chi connectivity index (χ1) is 19.5. The number of nitrogens with zero attached hydrogens (tertiary/aromatic N) is 6. The Bertz CT molecular complexity index is 1200. The van der Waals surface area contributed by atoms with Crippen LogP contribution in [0.25, 0.3) is 0 Å². The Morgan fingerprint density at radius 2 is 1.57 bits per heavy atom. The number of likely N-dealkylation sites (tertiary alicyclic amines) is 2. The second-order valence-electron chi connectivity index (χ2n) is 11.5. The maximum atomic E-state index is 13.8. The number of carbonyl (C=O) groups excluding carboxylic acids is 2. The number of rotatable bonds is 5. The number of carbonyl (C=O) groups is 2. The van der Waals surface area contributed by atoms with Crippen molar-refractivity contribution in [1.82, 2.24) is 24.7 Å². The van der Waals surface area contributed by atoms with Crippen LogP contribution in [0, 0.1) is 0 Å². The molecule has 3 fully saturated rings. The molecule has 3 saturated heterocycles. The van der Waals surface area contributed by atoms with Gasteiger partial charge in [0.25, 0.3) is 5.91 Å². The molecule has 1 N–H and O–H groups in total. The number of hydrogen-bond donors (Lipinski definition) is 1. The van der Waals surface area contributed by atoms with E-state index >= 15 is 0 Å². The lowest BCUT2D eigenvalue weighted by atomic mass is 9.95. The first kappa shape index (κ1) is 27.0. The number of anilines is 2. The fourth-order valence-electron chi connectivity index (χ4n) is 6.50. The van der Waals surface area contributed by atoms with E-state index in [0.29, 0.717) is 49.8 Å². The lowest BCUT2D eigenvalue weighted by Gasteiger charge is -2.40. The number of fused-ring (bicyclic) bond motifs is 1. The van der Waals surface area contributed by atoms with Gasteiger partial charge < -0.3 is 24.8 Å². The third-order valence-electron chi connectivity index (χ3n) is 8.95. The largest absolute Gasteiger partial charge is 0.378 e. The smallest absolute Gasteiger partial charge is 0.272 e. The van der Waals surface area contributed by atoms with Crippen LogP contribution >= 0.6 is 0 Å². The van der Waals surface area contributed by atoms with E-state index in [0.717, 1.165) is 71.4 Å². The summed E-state index contributed by atoms with van der Waals surface area (Å²) in [5.74, 6) is 1.37. The molecule has 0 saturated carbocycles. The van der Waals surface area contributed by atoms with Crippen molar-refractivity contribution in [2.75, 3.05) is 69.2 Å². The molecule has 0 atom stereocenters. The lowest BCUT2D eigenvalue weighted by Crippen LogP contribution is -2.48. The van der Waals surface area contributed by atoms with Crippen molar-refractivity contribution in [2.24, 2.45) is 0 Å². The molecular weight excluding hydrogens is 506 g/mol. The third-order valence-corrected chi connectivity index (χ3v) is 8.95. The van der Waals surface area contributed by atoms with Gasteiger partial charge in [0, 0.05) is 77.4 Å². The number of amides is 2. The minimum absolute atomic E-state index is 0.0196. The van der Waals surface area contributed by atoms with E-state index in [1.165, 1.54) is 11.1 Å². The summed E-state index contributed by atoms with van der Waals surface area (Å²) >= 11 is 0. The normalized spacial score (nSPS) is 21.3. The molecule has 10 nitrogen and oxygen atoms in total. The van der Waals surface area contributed by atoms with Gasteiger partial charge in [0.1, 0.15) is 11.5 Å². The predicted octanol–water partition coefficient (Wildman–Crippen LogP) is 2.40. The van der Waals surface area contributed by atoms with Gasteiger partial charge in [-0.25, -0.2) is 4.98 Å². The molecule has 4 aliphatic heterocycles. The number of hydrogen-bond acceptors (Lipinski definition) is 8. The van der Waals surface area contributed by atoms with Gasteiger partial charge in [-0.2, -0.15) is 4.98 Å². The van der Waals surface area contributed by atoms with E-state index in [2.05, 4.69) is 39.4 Å². The van der Waals surface area contributed by atoms with Crippen molar-refractivity contribution in [2.45, 2.75) is 57.7 Å². The molecule has 0 spiro atoms. The highest BCUT2D eigenvalue weighted by Crippen LogP contribution is 2.26. The molecule has 214 valence electrons. The Kier molecular flexibility index (Phi) is 8.15. The minimum Gasteiger partial charge on any atom is -0.378 e. The number of benzene rings is 1. The number of nitrogens with one attached hydrogen (secondary N) is 1. The maximum absolute atomic E-state index is 13.8. The fourth-order valence-corrected chi connectivity index (χ4v) is 6.50. The van der Waals surface area contributed by atoms with Crippen LogP contribution in [0.5, 0.6) is 0 Å². The number of morpholine rings is 1. The van der Waals surface area contributed by atoms with Crippen molar-refractivity contribution in [3.05, 3.63) is 47.2 Å². The van der Waals surface area contributed by atoms with Crippen LogP contribution in [0.3, 0.4) is 0 Å². The molecule has 2 aromatic rings. The Morgan fingerprint density at radius 3 is 2.30 bits per heavy atom. The topological polar surface area (TPSA) is 94.1 Å². The van der Waals surface area contributed by atoms with Crippen LogP contribution in [0.15, 0.2) is 30.3 Å². The molecule has 0 unspecified atom stereocenters. The fraction of sp³-hybridized carbons (Fsp3) is 0.600. The van der Waals surface area contributed by atoms with Gasteiger partial charge in [0.05, 0.1) is 13.2 Å². The first-order valence-electron chi connectivity index (χ1n) is 14.9. The Hall–Kier alpha value is -3.24. The average molecular weight is 548 g/mol. The minimum atomic E-state index is -0.0196. The summed E-state index contributed by atoms with van der Waals surface area (Å²) in [6.07, 6.45) is 4.77. The molecule has 0 bridgehead atoms. The van der Waals surface area contributed by atoms with Crippen LogP contribution in [0.4, 0.5) is 11.8 Å². The zero-order valence-electron chi connectivity index (χ0n) is 23.6. The molecular formula is C30H41N7O3. The van der Waals surface area contributed by atoms with E-state index in [9.17, 15) is 9.59 Å². The van der Waals surface area contributed by atoms with Gasteiger partial charge >= 0.3 is 0 Å². The molecule has 1 aromatic carbocycles. The molecule has 4 aliphatic rings. The second kappa shape index (κ2) is 12.1. The van der Waals surface area contributed by atoms with Gasteiger partial charge in [-0.05, 0) is 43.2 Å². The zero-order valence-corrected chi connectivity index (χ0v) is 23.6. The van der Waals surface area contributed by atoms with Gasteiger partial charge in [0.2, 0.25) is 11.9 Å². The summed E-state index contributed by atoms with van der Waals surface area (Å²) in [4.78, 5) is 43.6. The highest BCUT2D eigenvalue weighted by molar-refractivity contribution is 5.93. The molecule has 0 radical (unpaired) electrons. The Labute approximate surface area is 236 Å². The first-order valence-corrected chi connectivity index (χ1v) is 14.9. The monoisotopic (exact) mass is 547 g/mol. The third kappa shape index (κ3) is 6.07. The van der Waals surface area contributed by atoms with E-state index in [1.807, 2.05) is 15.9 Å². The standard InChI is InChI=1S/C30H41N7O3/c1-22(38)34-12-7-25(8-13-34)31-28-20-27(32-30(33-28)36-16-18-40-19-17-36)29(39)35-14-9-26(10-15-35)37-11-6-23-4-2-3-5-24(23)21-37/h2-5,20,25-26H,6-19,21H2,1H3,(H,31,32,33). The van der Waals surface area contributed by atoms with Crippen LogP contribution in [0.1, 0.15) is 54.2 Å². The number of aromatic nitrogens is 2. The molecule has 1 aromatic heterocycles. The molecule has 0 aliphatic carbocycles. The van der Waals surface area contributed by atoms with Crippen molar-refractivity contribution >= 4 is 23.6 Å². The van der Waals surface area contributed by atoms with Gasteiger partial charge in [-0.1, -0.05) is 24.3 Å². The predicted molar refractivity (Wildman–Crippen MR) is 153 cm³/mol. The van der Waals surface area contributed by atoms with E-state index in [4.69, 9.17) is 14.7 Å². The second-order valence-corrected chi connectivity index (χ2v) is 11.5. The van der Waals surface area contributed by atoms with Gasteiger partial charge in [-0.15, -0.1) is 0 Å². The molecule has 6 rings (SSSR count). The number of piperidine rings is 2. The zero-order chi connectivity index (χ0) is 27.5. The van der Waals surface area contributed by atoms with Crippen molar-refractivity contribution in [3.63, 3.8) is 0 Å². The summed E-state index contributed by atoms with van der Waals surface area (Å²) in [5.41, 5.74) is 3.36.